The van der Waals surface area contributed by atoms with Crippen LogP contribution in [0.4, 0.5) is 0 Å². The molecule has 4 rings (SSSR count). The highest BCUT2D eigenvalue weighted by atomic mass is 16.5. The maximum absolute atomic E-state index is 13.5. The first-order chi connectivity index (χ1) is 27.4. The van der Waals surface area contributed by atoms with Gasteiger partial charge in [0.05, 0.1) is 42.7 Å². The van der Waals surface area contributed by atoms with Crippen molar-refractivity contribution < 1.29 is 38.0 Å². The highest BCUT2D eigenvalue weighted by molar-refractivity contribution is 5.89. The van der Waals surface area contributed by atoms with Gasteiger partial charge in [0.15, 0.2) is 23.0 Å². The molecule has 2 aliphatic rings. The SMILES string of the molecule is COc1cc(/C=C/C=C/C(=O)N(CCCCCCN(C(=O)/C=C/C=C/c2cc(OC)c(OC)c(OC)c2)C2CCCCC2)C2CCCCC2)cc(OC)c1OC. The lowest BCUT2D eigenvalue weighted by molar-refractivity contribution is -0.130. The fraction of sp³-hybridized carbons (Fsp3) is 0.522. The molecule has 2 saturated carbocycles. The van der Waals surface area contributed by atoms with Gasteiger partial charge in [-0.15, -0.1) is 0 Å². The topological polar surface area (TPSA) is 96.0 Å². The molecule has 0 radical (unpaired) electrons. The number of allylic oxidation sites excluding steroid dienone is 4. The van der Waals surface area contributed by atoms with E-state index in [0.717, 1.165) is 75.6 Å². The van der Waals surface area contributed by atoms with Gasteiger partial charge in [-0.05, 0) is 73.9 Å². The second-order valence-electron chi connectivity index (χ2n) is 14.4. The Hall–Kier alpha value is -4.86. The van der Waals surface area contributed by atoms with E-state index >= 15 is 0 Å². The zero-order valence-electron chi connectivity index (χ0n) is 34.6. The molecule has 0 aliphatic heterocycles. The average molecular weight is 773 g/mol. The van der Waals surface area contributed by atoms with Crippen molar-refractivity contribution in [1.82, 2.24) is 9.80 Å². The Morgan fingerprint density at radius 3 is 1.14 bits per heavy atom. The van der Waals surface area contributed by atoms with E-state index in [0.29, 0.717) is 34.5 Å². The lowest BCUT2D eigenvalue weighted by Gasteiger charge is -2.34. The Bertz CT molecular complexity index is 1480. The maximum atomic E-state index is 13.5. The number of amides is 2. The van der Waals surface area contributed by atoms with Crippen LogP contribution in [0.15, 0.2) is 60.7 Å². The van der Waals surface area contributed by atoms with Crippen molar-refractivity contribution in [2.24, 2.45) is 0 Å². The van der Waals surface area contributed by atoms with Crippen molar-refractivity contribution in [2.75, 3.05) is 55.7 Å². The van der Waals surface area contributed by atoms with Gasteiger partial charge in [-0.3, -0.25) is 9.59 Å². The summed E-state index contributed by atoms with van der Waals surface area (Å²) in [4.78, 5) is 31.3. The lowest BCUT2D eigenvalue weighted by atomic mass is 9.93. The van der Waals surface area contributed by atoms with Crippen LogP contribution in [0, 0.1) is 0 Å². The third-order valence-corrected chi connectivity index (χ3v) is 10.8. The molecular weight excluding hydrogens is 709 g/mol. The fourth-order valence-electron chi connectivity index (χ4n) is 7.84. The van der Waals surface area contributed by atoms with Crippen LogP contribution in [0.1, 0.15) is 101 Å². The van der Waals surface area contributed by atoms with Crippen LogP contribution in [0.2, 0.25) is 0 Å². The van der Waals surface area contributed by atoms with Gasteiger partial charge in [0.25, 0.3) is 0 Å². The smallest absolute Gasteiger partial charge is 0.246 e. The van der Waals surface area contributed by atoms with Gasteiger partial charge in [-0.2, -0.15) is 0 Å². The Kier molecular flexibility index (Phi) is 18.7. The number of benzene rings is 2. The Morgan fingerprint density at radius 1 is 0.500 bits per heavy atom. The van der Waals surface area contributed by atoms with E-state index in [9.17, 15) is 9.59 Å². The number of carbonyl (C=O) groups is 2. The van der Waals surface area contributed by atoms with Gasteiger partial charge >= 0.3 is 0 Å². The minimum atomic E-state index is 0.0617. The zero-order valence-corrected chi connectivity index (χ0v) is 34.6. The molecule has 0 bridgehead atoms. The zero-order chi connectivity index (χ0) is 40.1. The molecule has 0 atom stereocenters. The van der Waals surface area contributed by atoms with Crippen LogP contribution in [-0.2, 0) is 9.59 Å². The summed E-state index contributed by atoms with van der Waals surface area (Å²) in [5, 5.41) is 0. The van der Waals surface area contributed by atoms with Crippen LogP contribution in [0.25, 0.3) is 12.2 Å². The Balaban J connectivity index is 1.31. The Morgan fingerprint density at radius 2 is 0.839 bits per heavy atom. The number of rotatable bonds is 21. The number of ether oxygens (including phenoxy) is 6. The first-order valence-electron chi connectivity index (χ1n) is 20.3. The van der Waals surface area contributed by atoms with Gasteiger partial charge in [0.2, 0.25) is 23.3 Å². The second-order valence-corrected chi connectivity index (χ2v) is 14.4. The minimum absolute atomic E-state index is 0.0617. The fourth-order valence-corrected chi connectivity index (χ4v) is 7.84. The number of hydrogen-bond donors (Lipinski definition) is 0. The molecule has 0 aromatic heterocycles. The molecule has 2 fully saturated rings. The average Bonchev–Trinajstić information content (AvgIpc) is 3.24. The van der Waals surface area contributed by atoms with Crippen molar-refractivity contribution in [2.45, 2.75) is 102 Å². The largest absolute Gasteiger partial charge is 0.493 e. The lowest BCUT2D eigenvalue weighted by Crippen LogP contribution is -2.41. The monoisotopic (exact) mass is 772 g/mol. The van der Waals surface area contributed by atoms with Crippen molar-refractivity contribution in [3.05, 3.63) is 71.8 Å². The second kappa shape index (κ2) is 23.9. The predicted molar refractivity (Wildman–Crippen MR) is 224 cm³/mol. The van der Waals surface area contributed by atoms with Crippen molar-refractivity contribution >= 4 is 24.0 Å². The van der Waals surface area contributed by atoms with E-state index < -0.39 is 0 Å². The maximum Gasteiger partial charge on any atom is 0.246 e. The first kappa shape index (κ1) is 43.9. The Labute approximate surface area is 335 Å². The predicted octanol–water partition coefficient (Wildman–Crippen LogP) is 9.46. The molecule has 10 heteroatoms. The molecule has 0 heterocycles. The van der Waals surface area contributed by atoms with E-state index in [1.807, 2.05) is 60.7 Å². The standard InChI is InChI=1S/C46H64N2O8/c1-51-39-31-35(32-40(52-2)45(39)55-5)21-15-17-27-43(49)47(37-23-11-9-12-24-37)29-19-7-8-20-30-48(38-25-13-10-14-26-38)44(50)28-18-16-22-36-33-41(53-3)46(56-6)42(34-36)54-4/h15-18,21-22,27-28,31-34,37-38H,7-14,19-20,23-26,29-30H2,1-6H3/b21-15+,22-16+,27-17+,28-18+. The normalized spacial score (nSPS) is 15.5. The molecule has 10 nitrogen and oxygen atoms in total. The number of hydrogen-bond acceptors (Lipinski definition) is 8. The molecule has 56 heavy (non-hydrogen) atoms. The van der Waals surface area contributed by atoms with E-state index in [-0.39, 0.29) is 23.9 Å². The molecule has 0 unspecified atom stereocenters. The number of unbranched alkanes of at least 4 members (excludes halogenated alkanes) is 3. The van der Waals surface area contributed by atoms with Crippen LogP contribution in [0.5, 0.6) is 34.5 Å². The summed E-state index contributed by atoms with van der Waals surface area (Å²) in [6.45, 7) is 1.49. The summed E-state index contributed by atoms with van der Waals surface area (Å²) in [5.74, 6) is 3.54. The summed E-state index contributed by atoms with van der Waals surface area (Å²) < 4.78 is 32.8. The van der Waals surface area contributed by atoms with E-state index in [4.69, 9.17) is 28.4 Å². The van der Waals surface area contributed by atoms with Gasteiger partial charge in [0, 0.05) is 37.3 Å². The minimum Gasteiger partial charge on any atom is -0.493 e. The molecule has 0 saturated heterocycles. The van der Waals surface area contributed by atoms with Gasteiger partial charge in [0.1, 0.15) is 0 Å². The highest BCUT2D eigenvalue weighted by Crippen LogP contribution is 2.39. The number of methoxy groups -OCH3 is 6. The molecular formula is C46H64N2O8. The molecule has 2 aromatic carbocycles. The van der Waals surface area contributed by atoms with Gasteiger partial charge < -0.3 is 38.2 Å². The van der Waals surface area contributed by atoms with Crippen LogP contribution in [0.3, 0.4) is 0 Å². The van der Waals surface area contributed by atoms with E-state index in [1.165, 1.54) is 38.5 Å². The summed E-state index contributed by atoms with van der Waals surface area (Å²) in [6.07, 6.45) is 29.9. The van der Waals surface area contributed by atoms with E-state index in [1.54, 1.807) is 54.8 Å². The van der Waals surface area contributed by atoms with Crippen LogP contribution < -0.4 is 28.4 Å². The highest BCUT2D eigenvalue weighted by Gasteiger charge is 2.25. The van der Waals surface area contributed by atoms with Gasteiger partial charge in [-0.1, -0.05) is 87.8 Å². The third kappa shape index (κ3) is 12.8. The third-order valence-electron chi connectivity index (χ3n) is 10.8. The molecule has 0 spiro atoms. The molecule has 2 amide bonds. The molecule has 306 valence electrons. The number of carbonyl (C=O) groups excluding carboxylic acids is 2. The van der Waals surface area contributed by atoms with Crippen LogP contribution >= 0.6 is 0 Å². The van der Waals surface area contributed by atoms with Gasteiger partial charge in [-0.25, -0.2) is 0 Å². The van der Waals surface area contributed by atoms with Crippen molar-refractivity contribution in [3.8, 4) is 34.5 Å². The van der Waals surface area contributed by atoms with Crippen LogP contribution in [-0.4, -0.2) is 89.4 Å². The summed E-state index contributed by atoms with van der Waals surface area (Å²) in [7, 11) is 9.54. The van der Waals surface area contributed by atoms with E-state index in [2.05, 4.69) is 9.80 Å². The summed E-state index contributed by atoms with van der Waals surface area (Å²) >= 11 is 0. The molecule has 0 N–H and O–H groups in total. The molecule has 2 aromatic rings. The first-order valence-corrected chi connectivity index (χ1v) is 20.3. The number of nitrogens with zero attached hydrogens (tertiary/aromatic N) is 2. The van der Waals surface area contributed by atoms with Crippen molar-refractivity contribution in [3.63, 3.8) is 0 Å². The van der Waals surface area contributed by atoms with Crippen molar-refractivity contribution in [1.29, 1.82) is 0 Å². The molecule has 2 aliphatic carbocycles. The quantitative estimate of drug-likeness (QED) is 0.0704. The summed E-state index contributed by atoms with van der Waals surface area (Å²) in [5.41, 5.74) is 1.76. The summed E-state index contributed by atoms with van der Waals surface area (Å²) in [6, 6.07) is 8.08.